The number of rotatable bonds is 2. The lowest BCUT2D eigenvalue weighted by atomic mass is 9.96. The number of nitrogens with zero attached hydrogens (tertiary/aromatic N) is 3. The number of aromatic nitrogens is 1. The molecule has 2 rings (SSSR count). The van der Waals surface area contributed by atoms with Crippen LogP contribution in [0.15, 0.2) is 16.7 Å². The first kappa shape index (κ1) is 15.7. The van der Waals surface area contributed by atoms with Crippen LogP contribution in [0.2, 0.25) is 0 Å². The van der Waals surface area contributed by atoms with E-state index >= 15 is 0 Å². The quantitative estimate of drug-likeness (QED) is 0.605. The lowest BCUT2D eigenvalue weighted by Crippen LogP contribution is -2.63. The summed E-state index contributed by atoms with van der Waals surface area (Å²) >= 11 is 3.29. The van der Waals surface area contributed by atoms with Gasteiger partial charge in [0, 0.05) is 30.8 Å². The van der Waals surface area contributed by atoms with E-state index in [9.17, 15) is 9.59 Å². The van der Waals surface area contributed by atoms with E-state index in [2.05, 4.69) is 26.3 Å². The van der Waals surface area contributed by atoms with Gasteiger partial charge in [0.25, 0.3) is 5.91 Å². The van der Waals surface area contributed by atoms with Gasteiger partial charge in [-0.1, -0.05) is 0 Å². The molecule has 1 aliphatic heterocycles. The number of anilines is 1. The molecule has 1 fully saturated rings. The summed E-state index contributed by atoms with van der Waals surface area (Å²) in [5, 5.41) is 0. The van der Waals surface area contributed by atoms with Crippen molar-refractivity contribution in [1.29, 1.82) is 0 Å². The molecule has 3 N–H and O–H groups in total. The molecule has 1 saturated heterocycles. The monoisotopic (exact) mass is 355 g/mol. The van der Waals surface area contributed by atoms with Gasteiger partial charge >= 0.3 is 0 Å². The van der Waals surface area contributed by atoms with Gasteiger partial charge in [0.15, 0.2) is 5.82 Å². The number of amides is 2. The summed E-state index contributed by atoms with van der Waals surface area (Å²) in [6, 6.07) is 1.64. The third kappa shape index (κ3) is 2.73. The van der Waals surface area contributed by atoms with Gasteiger partial charge < -0.3 is 15.2 Å². The van der Waals surface area contributed by atoms with Crippen molar-refractivity contribution in [3.63, 3.8) is 0 Å². The van der Waals surface area contributed by atoms with Gasteiger partial charge in [0.05, 0.1) is 5.56 Å². The average Bonchev–Trinajstić information content (AvgIpc) is 2.44. The van der Waals surface area contributed by atoms with E-state index in [0.29, 0.717) is 23.1 Å². The Hall–Kier alpha value is -1.67. The molecule has 0 spiro atoms. The molecule has 0 radical (unpaired) electrons. The van der Waals surface area contributed by atoms with E-state index in [1.165, 1.54) is 0 Å². The van der Waals surface area contributed by atoms with E-state index in [4.69, 9.17) is 5.84 Å². The molecule has 0 saturated carbocycles. The number of hydrogen-bond acceptors (Lipinski definition) is 5. The number of halogens is 1. The number of nitrogens with two attached hydrogens (primary N) is 1. The van der Waals surface area contributed by atoms with E-state index in [0.717, 1.165) is 0 Å². The fraction of sp³-hybridized carbons (Fsp3) is 0.462. The second kappa shape index (κ2) is 5.61. The third-order valence-electron chi connectivity index (χ3n) is 3.67. The highest BCUT2D eigenvalue weighted by atomic mass is 79.9. The Balaban J connectivity index is 2.40. The maximum absolute atomic E-state index is 12.8. The first-order valence-corrected chi connectivity index (χ1v) is 7.28. The van der Waals surface area contributed by atoms with Crippen LogP contribution in [0.4, 0.5) is 5.82 Å². The smallest absolute Gasteiger partial charge is 0.258 e. The van der Waals surface area contributed by atoms with E-state index in [1.807, 2.05) is 0 Å². The molecule has 0 atom stereocenters. The average molecular weight is 356 g/mol. The van der Waals surface area contributed by atoms with Gasteiger partial charge in [-0.05, 0) is 35.8 Å². The minimum atomic E-state index is -0.904. The predicted molar refractivity (Wildman–Crippen MR) is 82.5 cm³/mol. The van der Waals surface area contributed by atoms with Crippen LogP contribution in [0.25, 0.3) is 0 Å². The van der Waals surface area contributed by atoms with Crippen LogP contribution in [-0.2, 0) is 4.79 Å². The molecule has 7 nitrogen and oxygen atoms in total. The molecule has 8 heteroatoms. The van der Waals surface area contributed by atoms with Crippen molar-refractivity contribution in [3.05, 3.63) is 22.3 Å². The Morgan fingerprint density at radius 2 is 2.14 bits per heavy atom. The summed E-state index contributed by atoms with van der Waals surface area (Å²) in [6.45, 7) is 4.44. The van der Waals surface area contributed by atoms with Crippen molar-refractivity contribution >= 4 is 33.6 Å². The maximum Gasteiger partial charge on any atom is 0.258 e. The molecule has 1 aromatic rings. The largest absolute Gasteiger partial charge is 0.342 e. The van der Waals surface area contributed by atoms with Crippen LogP contribution in [0.5, 0.6) is 0 Å². The van der Waals surface area contributed by atoms with Crippen LogP contribution in [-0.4, -0.2) is 52.3 Å². The number of carbonyl (C=O) groups excluding carboxylic acids is 2. The second-order valence-corrected chi connectivity index (χ2v) is 6.35. The summed E-state index contributed by atoms with van der Waals surface area (Å²) in [7, 11) is 1.74. The number of piperazine rings is 1. The number of nitrogen functional groups attached to an aromatic ring is 1. The zero-order chi connectivity index (χ0) is 15.8. The lowest BCUT2D eigenvalue weighted by molar-refractivity contribution is -0.144. The Kier molecular flexibility index (Phi) is 4.20. The number of pyridine rings is 1. The number of carbonyl (C=O) groups is 2. The van der Waals surface area contributed by atoms with E-state index < -0.39 is 5.54 Å². The molecule has 0 aliphatic carbocycles. The molecule has 0 aromatic carbocycles. The number of hydrogen-bond donors (Lipinski definition) is 2. The SMILES string of the molecule is CN1CCN(C(=O)c2cc(Br)cnc2NN)C(C)(C)C1=O. The standard InChI is InChI=1S/C13H18BrN5O2/c1-13(2)12(21)18(3)4-5-19(13)11(20)9-6-8(14)7-16-10(9)17-15/h6-7H,4-5,15H2,1-3H3,(H,16,17). The van der Waals surface area contributed by atoms with Crippen molar-refractivity contribution in [1.82, 2.24) is 14.8 Å². The molecule has 114 valence electrons. The highest BCUT2D eigenvalue weighted by Crippen LogP contribution is 2.26. The molecule has 1 aromatic heterocycles. The minimum absolute atomic E-state index is 0.0905. The van der Waals surface area contributed by atoms with Crippen molar-refractivity contribution in [3.8, 4) is 0 Å². The molecule has 2 heterocycles. The van der Waals surface area contributed by atoms with Crippen molar-refractivity contribution in [2.24, 2.45) is 5.84 Å². The summed E-state index contributed by atoms with van der Waals surface area (Å²) in [4.78, 5) is 32.3. The Labute approximate surface area is 131 Å². The van der Waals surface area contributed by atoms with Gasteiger partial charge in [-0.15, -0.1) is 0 Å². The van der Waals surface area contributed by atoms with Crippen molar-refractivity contribution in [2.45, 2.75) is 19.4 Å². The normalized spacial score (nSPS) is 17.9. The Morgan fingerprint density at radius 1 is 1.48 bits per heavy atom. The van der Waals surface area contributed by atoms with Gasteiger partial charge in [-0.3, -0.25) is 9.59 Å². The molecular formula is C13H18BrN5O2. The third-order valence-corrected chi connectivity index (χ3v) is 4.10. The van der Waals surface area contributed by atoms with Crippen molar-refractivity contribution in [2.75, 3.05) is 25.6 Å². The highest BCUT2D eigenvalue weighted by molar-refractivity contribution is 9.10. The zero-order valence-electron chi connectivity index (χ0n) is 12.2. The lowest BCUT2D eigenvalue weighted by Gasteiger charge is -2.44. The molecule has 2 amide bonds. The fourth-order valence-electron chi connectivity index (χ4n) is 2.43. The van der Waals surface area contributed by atoms with Gasteiger partial charge in [-0.25, -0.2) is 10.8 Å². The molecule has 21 heavy (non-hydrogen) atoms. The minimum Gasteiger partial charge on any atom is -0.342 e. The number of likely N-dealkylation sites (N-methyl/N-ethyl adjacent to an activating group) is 1. The fourth-order valence-corrected chi connectivity index (χ4v) is 2.76. The van der Waals surface area contributed by atoms with Gasteiger partial charge in [-0.2, -0.15) is 0 Å². The van der Waals surface area contributed by atoms with Crippen LogP contribution >= 0.6 is 15.9 Å². The zero-order valence-corrected chi connectivity index (χ0v) is 13.8. The molecule has 1 aliphatic rings. The summed E-state index contributed by atoms with van der Waals surface area (Å²) in [5.74, 6) is 5.33. The predicted octanol–water partition coefficient (Wildman–Crippen LogP) is 0.823. The highest BCUT2D eigenvalue weighted by Gasteiger charge is 2.43. The number of hydrazine groups is 1. The first-order valence-electron chi connectivity index (χ1n) is 6.48. The summed E-state index contributed by atoms with van der Waals surface area (Å²) in [6.07, 6.45) is 1.55. The van der Waals surface area contributed by atoms with E-state index in [1.54, 1.807) is 43.0 Å². The molecule has 0 unspecified atom stereocenters. The molecular weight excluding hydrogens is 338 g/mol. The Bertz CT molecular complexity index is 590. The first-order chi connectivity index (χ1) is 9.78. The summed E-state index contributed by atoms with van der Waals surface area (Å²) in [5.41, 5.74) is 1.84. The van der Waals surface area contributed by atoms with Crippen LogP contribution in [0.3, 0.4) is 0 Å². The van der Waals surface area contributed by atoms with Crippen LogP contribution in [0, 0.1) is 0 Å². The van der Waals surface area contributed by atoms with Crippen LogP contribution in [0.1, 0.15) is 24.2 Å². The van der Waals surface area contributed by atoms with E-state index in [-0.39, 0.29) is 17.6 Å². The van der Waals surface area contributed by atoms with Crippen molar-refractivity contribution < 1.29 is 9.59 Å². The molecule has 0 bridgehead atoms. The van der Waals surface area contributed by atoms with Gasteiger partial charge in [0.1, 0.15) is 5.54 Å². The van der Waals surface area contributed by atoms with Crippen LogP contribution < -0.4 is 11.3 Å². The second-order valence-electron chi connectivity index (χ2n) is 5.44. The topological polar surface area (TPSA) is 91.6 Å². The summed E-state index contributed by atoms with van der Waals surface area (Å²) < 4.78 is 0.670. The van der Waals surface area contributed by atoms with Gasteiger partial charge in [0.2, 0.25) is 5.91 Å². The number of nitrogens with one attached hydrogen (secondary N) is 1. The Morgan fingerprint density at radius 3 is 2.76 bits per heavy atom. The maximum atomic E-state index is 12.8.